The fourth-order valence-electron chi connectivity index (χ4n) is 3.72. The van der Waals surface area contributed by atoms with E-state index in [0.29, 0.717) is 0 Å². The van der Waals surface area contributed by atoms with Gasteiger partial charge in [0.05, 0.1) is 12.1 Å². The van der Waals surface area contributed by atoms with Crippen LogP contribution in [0.2, 0.25) is 0 Å². The average molecular weight is 410 g/mol. The highest BCUT2D eigenvalue weighted by Crippen LogP contribution is 2.25. The molecule has 0 spiro atoms. The van der Waals surface area contributed by atoms with Crippen molar-refractivity contribution < 1.29 is 19.5 Å². The number of hydrogen-bond acceptors (Lipinski definition) is 4. The highest BCUT2D eigenvalue weighted by molar-refractivity contribution is 5.91. The number of amides is 2. The number of carbonyl (C=O) groups is 3. The zero-order valence-electron chi connectivity index (χ0n) is 19.3. The van der Waals surface area contributed by atoms with E-state index in [-0.39, 0.29) is 35.4 Å². The number of carbonyl (C=O) groups excluding carboxylic acids is 2. The lowest BCUT2D eigenvalue weighted by Gasteiger charge is -2.39. The molecule has 1 saturated heterocycles. The van der Waals surface area contributed by atoms with Crippen LogP contribution in [0.3, 0.4) is 0 Å². The third-order valence-corrected chi connectivity index (χ3v) is 5.71. The summed E-state index contributed by atoms with van der Waals surface area (Å²) in [5.74, 6) is -1.30. The maximum atomic E-state index is 13.4. The van der Waals surface area contributed by atoms with E-state index in [1.54, 1.807) is 18.0 Å². The van der Waals surface area contributed by atoms with E-state index < -0.39 is 17.4 Å². The first kappa shape index (κ1) is 25.1. The molecule has 0 aromatic heterocycles. The van der Waals surface area contributed by atoms with E-state index in [1.165, 1.54) is 6.92 Å². The van der Waals surface area contributed by atoms with E-state index in [4.69, 9.17) is 0 Å². The Morgan fingerprint density at radius 2 is 1.79 bits per heavy atom. The lowest BCUT2D eigenvalue weighted by atomic mass is 9.84. The summed E-state index contributed by atoms with van der Waals surface area (Å²) in [7, 11) is 3.62. The van der Waals surface area contributed by atoms with Crippen LogP contribution in [0, 0.1) is 11.3 Å². The fourth-order valence-corrected chi connectivity index (χ4v) is 3.72. The summed E-state index contributed by atoms with van der Waals surface area (Å²) in [6.45, 7) is 12.1. The number of nitrogens with zero attached hydrogens (tertiary/aromatic N) is 2. The Morgan fingerprint density at radius 1 is 1.21 bits per heavy atom. The molecule has 1 aliphatic rings. The summed E-state index contributed by atoms with van der Waals surface area (Å²) in [4.78, 5) is 41.2. The Bertz CT molecular complexity index is 636. The van der Waals surface area contributed by atoms with E-state index in [9.17, 15) is 19.5 Å². The molecule has 0 bridgehead atoms. The minimum absolute atomic E-state index is 0.0269. The Kier molecular flexibility index (Phi) is 8.87. The van der Waals surface area contributed by atoms with Gasteiger partial charge in [0.2, 0.25) is 11.8 Å². The van der Waals surface area contributed by atoms with Crippen molar-refractivity contribution in [3.05, 3.63) is 11.6 Å². The zero-order chi connectivity index (χ0) is 22.5. The fraction of sp³-hybridized carbons (Fsp3) is 0.773. The number of carboxylic acids is 1. The lowest BCUT2D eigenvalue weighted by Crippen LogP contribution is -2.59. The van der Waals surface area contributed by atoms with Gasteiger partial charge >= 0.3 is 5.97 Å². The van der Waals surface area contributed by atoms with Gasteiger partial charge in [0.25, 0.3) is 0 Å². The second-order valence-electron chi connectivity index (χ2n) is 9.64. The predicted octanol–water partition coefficient (Wildman–Crippen LogP) is 2.52. The number of likely N-dealkylation sites (tertiary alicyclic amines) is 1. The third-order valence-electron chi connectivity index (χ3n) is 5.71. The topological polar surface area (TPSA) is 90.0 Å². The number of carboxylic acid groups (broad SMARTS) is 1. The third kappa shape index (κ3) is 6.84. The van der Waals surface area contributed by atoms with Crippen molar-refractivity contribution in [3.8, 4) is 0 Å². The molecule has 0 saturated carbocycles. The van der Waals surface area contributed by atoms with E-state index in [0.717, 1.165) is 25.8 Å². The second kappa shape index (κ2) is 10.2. The first-order chi connectivity index (χ1) is 13.3. The molecule has 2 amide bonds. The summed E-state index contributed by atoms with van der Waals surface area (Å²) >= 11 is 0. The molecular weight excluding hydrogens is 370 g/mol. The molecule has 2 N–H and O–H groups in total. The van der Waals surface area contributed by atoms with Crippen molar-refractivity contribution in [2.45, 2.75) is 78.9 Å². The van der Waals surface area contributed by atoms with Crippen LogP contribution >= 0.6 is 0 Å². The van der Waals surface area contributed by atoms with Gasteiger partial charge < -0.3 is 15.3 Å². The molecule has 1 rings (SSSR count). The molecule has 0 aliphatic carbocycles. The van der Waals surface area contributed by atoms with Gasteiger partial charge in [-0.25, -0.2) is 4.79 Å². The number of nitrogens with one attached hydrogen (secondary N) is 1. The van der Waals surface area contributed by atoms with Crippen LogP contribution in [0.1, 0.15) is 60.8 Å². The van der Waals surface area contributed by atoms with Crippen LogP contribution in [0.25, 0.3) is 0 Å². The van der Waals surface area contributed by atoms with Crippen LogP contribution < -0.4 is 5.32 Å². The van der Waals surface area contributed by atoms with Crippen LogP contribution in [0.15, 0.2) is 11.6 Å². The highest BCUT2D eigenvalue weighted by atomic mass is 16.4. The van der Waals surface area contributed by atoms with Gasteiger partial charge in [0.15, 0.2) is 0 Å². The normalized spacial score (nSPS) is 20.9. The first-order valence-electron chi connectivity index (χ1n) is 10.5. The molecule has 0 radical (unpaired) electrons. The van der Waals surface area contributed by atoms with Gasteiger partial charge in [0.1, 0.15) is 6.04 Å². The van der Waals surface area contributed by atoms with Gasteiger partial charge in [-0.3, -0.25) is 14.5 Å². The SMILES string of the molecule is C/C(=C\C(C(C)C)N(C)C(=O)C(NC(=O)[C@@H]1CCCCN1C)C(C)(C)C)C(=O)O. The van der Waals surface area contributed by atoms with E-state index in [2.05, 4.69) is 5.32 Å². The first-order valence-corrected chi connectivity index (χ1v) is 10.5. The molecule has 166 valence electrons. The number of rotatable bonds is 7. The molecule has 1 fully saturated rings. The minimum Gasteiger partial charge on any atom is -0.478 e. The Balaban J connectivity index is 3.10. The highest BCUT2D eigenvalue weighted by Gasteiger charge is 2.39. The molecule has 1 heterocycles. The minimum atomic E-state index is -1.00. The van der Waals surface area contributed by atoms with E-state index in [1.807, 2.05) is 46.6 Å². The standard InChI is InChI=1S/C22H39N3O4/c1-14(2)17(13-15(3)21(28)29)25(8)20(27)18(22(4,5)6)23-19(26)16-11-9-10-12-24(16)7/h13-14,16-18H,9-12H2,1-8H3,(H,23,26)(H,28,29)/b15-13+/t16-,17?,18?/m0/s1. The van der Waals surface area contributed by atoms with E-state index >= 15 is 0 Å². The van der Waals surface area contributed by atoms with Crippen molar-refractivity contribution in [2.75, 3.05) is 20.6 Å². The molecule has 0 aromatic rings. The Hall–Kier alpha value is -1.89. The van der Waals surface area contributed by atoms with Crippen molar-refractivity contribution >= 4 is 17.8 Å². The van der Waals surface area contributed by atoms with Gasteiger partial charge in [-0.2, -0.15) is 0 Å². The molecule has 3 atom stereocenters. The molecule has 1 aliphatic heterocycles. The summed E-state index contributed by atoms with van der Waals surface area (Å²) in [6, 6.07) is -1.30. The van der Waals surface area contributed by atoms with Crippen LogP contribution in [-0.4, -0.2) is 71.5 Å². The maximum Gasteiger partial charge on any atom is 0.331 e. The maximum absolute atomic E-state index is 13.4. The van der Waals surface area contributed by atoms with Gasteiger partial charge in [-0.05, 0) is 44.7 Å². The van der Waals surface area contributed by atoms with Crippen LogP contribution in [0.5, 0.6) is 0 Å². The van der Waals surface area contributed by atoms with Crippen molar-refractivity contribution in [3.63, 3.8) is 0 Å². The smallest absolute Gasteiger partial charge is 0.331 e. The largest absolute Gasteiger partial charge is 0.478 e. The quantitative estimate of drug-likeness (QED) is 0.631. The molecular formula is C22H39N3O4. The Morgan fingerprint density at radius 3 is 2.24 bits per heavy atom. The van der Waals surface area contributed by atoms with Crippen LogP contribution in [0.4, 0.5) is 0 Å². The summed E-state index contributed by atoms with van der Waals surface area (Å²) < 4.78 is 0. The molecule has 0 aromatic carbocycles. The second-order valence-corrected chi connectivity index (χ2v) is 9.64. The lowest BCUT2D eigenvalue weighted by molar-refractivity contribution is -0.141. The molecule has 29 heavy (non-hydrogen) atoms. The van der Waals surface area contributed by atoms with Crippen molar-refractivity contribution in [1.82, 2.24) is 15.1 Å². The Labute approximate surface area is 175 Å². The molecule has 7 nitrogen and oxygen atoms in total. The number of likely N-dealkylation sites (N-methyl/N-ethyl adjacent to an activating group) is 2. The summed E-state index contributed by atoms with van der Waals surface area (Å²) in [5.41, 5.74) is -0.287. The van der Waals surface area contributed by atoms with Gasteiger partial charge in [0, 0.05) is 12.6 Å². The molecule has 2 unspecified atom stereocenters. The zero-order valence-corrected chi connectivity index (χ0v) is 19.3. The monoisotopic (exact) mass is 409 g/mol. The van der Waals surface area contributed by atoms with Crippen LogP contribution in [-0.2, 0) is 14.4 Å². The van der Waals surface area contributed by atoms with Crippen molar-refractivity contribution in [2.24, 2.45) is 11.3 Å². The van der Waals surface area contributed by atoms with Gasteiger partial charge in [-0.1, -0.05) is 47.1 Å². The summed E-state index contributed by atoms with van der Waals surface area (Å²) in [6.07, 6.45) is 4.49. The molecule has 7 heteroatoms. The average Bonchev–Trinajstić information content (AvgIpc) is 2.61. The van der Waals surface area contributed by atoms with Gasteiger partial charge in [-0.15, -0.1) is 0 Å². The van der Waals surface area contributed by atoms with Crippen molar-refractivity contribution in [1.29, 1.82) is 0 Å². The number of aliphatic carboxylic acids is 1. The number of hydrogen-bond donors (Lipinski definition) is 2. The number of piperidine rings is 1. The predicted molar refractivity (Wildman–Crippen MR) is 114 cm³/mol. The summed E-state index contributed by atoms with van der Waals surface area (Å²) in [5, 5.41) is 12.2.